The van der Waals surface area contributed by atoms with E-state index in [9.17, 15) is 4.79 Å². The Hall–Kier alpha value is -1.16. The zero-order chi connectivity index (χ0) is 14.4. The fourth-order valence-corrected chi connectivity index (χ4v) is 2.77. The van der Waals surface area contributed by atoms with Crippen molar-refractivity contribution >= 4 is 5.91 Å². The third-order valence-electron chi connectivity index (χ3n) is 4.11. The summed E-state index contributed by atoms with van der Waals surface area (Å²) in [5.74, 6) is 0.203. The lowest BCUT2D eigenvalue weighted by Crippen LogP contribution is -2.53. The number of ether oxygens (including phenoxy) is 1. The molecular formula is C14H24N4O2. The molecule has 0 aromatic heterocycles. The summed E-state index contributed by atoms with van der Waals surface area (Å²) in [6.07, 6.45) is 0.864. The van der Waals surface area contributed by atoms with Gasteiger partial charge in [-0.15, -0.1) is 0 Å². The molecule has 112 valence electrons. The summed E-state index contributed by atoms with van der Waals surface area (Å²) in [6, 6.07) is 2.37. The second kappa shape index (κ2) is 7.58. The molecule has 0 aromatic carbocycles. The van der Waals surface area contributed by atoms with Crippen molar-refractivity contribution in [3.8, 4) is 6.07 Å². The van der Waals surface area contributed by atoms with Gasteiger partial charge in [-0.05, 0) is 6.42 Å². The van der Waals surface area contributed by atoms with Gasteiger partial charge in [0.05, 0.1) is 31.9 Å². The van der Waals surface area contributed by atoms with Crippen LogP contribution in [0.15, 0.2) is 0 Å². The number of hydrogen-bond donors (Lipinski definition) is 0. The Balaban J connectivity index is 1.74. The number of morpholine rings is 1. The van der Waals surface area contributed by atoms with E-state index in [-0.39, 0.29) is 11.9 Å². The molecule has 0 radical (unpaired) electrons. The zero-order valence-corrected chi connectivity index (χ0v) is 12.3. The summed E-state index contributed by atoms with van der Waals surface area (Å²) in [5, 5.41) is 9.08. The maximum atomic E-state index is 12.2. The topological polar surface area (TPSA) is 59.8 Å². The summed E-state index contributed by atoms with van der Waals surface area (Å²) >= 11 is 0. The van der Waals surface area contributed by atoms with Gasteiger partial charge in [-0.3, -0.25) is 14.6 Å². The molecule has 0 N–H and O–H groups in total. The van der Waals surface area contributed by atoms with Crippen LogP contribution < -0.4 is 0 Å². The minimum atomic E-state index is 0.0205. The van der Waals surface area contributed by atoms with Crippen molar-refractivity contribution in [1.29, 1.82) is 5.26 Å². The number of rotatable bonds is 4. The Bertz CT molecular complexity index is 355. The number of nitriles is 1. The van der Waals surface area contributed by atoms with Crippen molar-refractivity contribution in [2.45, 2.75) is 19.4 Å². The molecule has 0 bridgehead atoms. The number of carbonyl (C=O) groups is 1. The lowest BCUT2D eigenvalue weighted by Gasteiger charge is -2.37. The zero-order valence-electron chi connectivity index (χ0n) is 12.3. The highest BCUT2D eigenvalue weighted by Gasteiger charge is 2.25. The lowest BCUT2D eigenvalue weighted by atomic mass is 10.2. The molecule has 2 heterocycles. The van der Waals surface area contributed by atoms with Crippen LogP contribution in [0, 0.1) is 11.3 Å². The smallest absolute Gasteiger partial charge is 0.236 e. The Labute approximate surface area is 120 Å². The Kier molecular flexibility index (Phi) is 5.77. The van der Waals surface area contributed by atoms with Crippen LogP contribution in [-0.4, -0.2) is 85.7 Å². The summed E-state index contributed by atoms with van der Waals surface area (Å²) in [5.41, 5.74) is 0. The fourth-order valence-electron chi connectivity index (χ4n) is 2.77. The molecule has 2 saturated heterocycles. The summed E-state index contributed by atoms with van der Waals surface area (Å²) in [4.78, 5) is 18.5. The Morgan fingerprint density at radius 3 is 2.40 bits per heavy atom. The standard InChI is InChI=1S/C14H24N4O2/c1-2-13(11-15)17-5-3-16(4-6-17)12-14(19)18-7-9-20-10-8-18/h13H,2-10,12H2,1H3. The highest BCUT2D eigenvalue weighted by molar-refractivity contribution is 5.78. The first-order chi connectivity index (χ1) is 9.74. The molecule has 2 aliphatic heterocycles. The van der Waals surface area contributed by atoms with E-state index in [0.717, 1.165) is 32.6 Å². The summed E-state index contributed by atoms with van der Waals surface area (Å²) < 4.78 is 5.26. The number of piperazine rings is 1. The SMILES string of the molecule is CCC(C#N)N1CCN(CC(=O)N2CCOCC2)CC1. The van der Waals surface area contributed by atoms with Gasteiger partial charge < -0.3 is 9.64 Å². The maximum Gasteiger partial charge on any atom is 0.236 e. The second-order valence-electron chi connectivity index (χ2n) is 5.36. The first kappa shape index (κ1) is 15.2. The number of hydrogen-bond acceptors (Lipinski definition) is 5. The van der Waals surface area contributed by atoms with Crippen LogP contribution in [-0.2, 0) is 9.53 Å². The largest absolute Gasteiger partial charge is 0.378 e. The number of carbonyl (C=O) groups excluding carboxylic acids is 1. The quantitative estimate of drug-likeness (QED) is 0.711. The molecule has 1 unspecified atom stereocenters. The molecule has 2 aliphatic rings. The van der Waals surface area contributed by atoms with E-state index in [1.165, 1.54) is 0 Å². The molecular weight excluding hydrogens is 256 g/mol. The van der Waals surface area contributed by atoms with E-state index in [1.54, 1.807) is 0 Å². The van der Waals surface area contributed by atoms with Gasteiger partial charge in [-0.1, -0.05) is 6.92 Å². The fraction of sp³-hybridized carbons (Fsp3) is 0.857. The van der Waals surface area contributed by atoms with Crippen LogP contribution >= 0.6 is 0 Å². The van der Waals surface area contributed by atoms with Gasteiger partial charge >= 0.3 is 0 Å². The molecule has 1 atom stereocenters. The highest BCUT2D eigenvalue weighted by atomic mass is 16.5. The van der Waals surface area contributed by atoms with E-state index < -0.39 is 0 Å². The average Bonchev–Trinajstić information content (AvgIpc) is 2.51. The highest BCUT2D eigenvalue weighted by Crippen LogP contribution is 2.09. The van der Waals surface area contributed by atoms with Crippen molar-refractivity contribution in [1.82, 2.24) is 14.7 Å². The van der Waals surface area contributed by atoms with Crippen LogP contribution in [0.4, 0.5) is 0 Å². The van der Waals surface area contributed by atoms with Gasteiger partial charge in [0.2, 0.25) is 5.91 Å². The summed E-state index contributed by atoms with van der Waals surface area (Å²) in [7, 11) is 0. The van der Waals surface area contributed by atoms with Gasteiger partial charge in [0.1, 0.15) is 0 Å². The Morgan fingerprint density at radius 1 is 1.20 bits per heavy atom. The molecule has 2 fully saturated rings. The van der Waals surface area contributed by atoms with Crippen molar-refractivity contribution in [3.63, 3.8) is 0 Å². The van der Waals surface area contributed by atoms with E-state index >= 15 is 0 Å². The molecule has 2 rings (SSSR count). The monoisotopic (exact) mass is 280 g/mol. The molecule has 0 saturated carbocycles. The normalized spacial score (nSPS) is 23.3. The first-order valence-electron chi connectivity index (χ1n) is 7.46. The minimum Gasteiger partial charge on any atom is -0.378 e. The molecule has 6 heteroatoms. The molecule has 1 amide bonds. The van der Waals surface area contributed by atoms with E-state index in [4.69, 9.17) is 10.00 Å². The predicted octanol–water partition coefficient (Wildman–Crippen LogP) is -0.235. The third kappa shape index (κ3) is 3.92. The predicted molar refractivity (Wildman–Crippen MR) is 75.1 cm³/mol. The molecule has 20 heavy (non-hydrogen) atoms. The maximum absolute atomic E-state index is 12.2. The second-order valence-corrected chi connectivity index (χ2v) is 5.36. The number of amides is 1. The van der Waals surface area contributed by atoms with Gasteiger partial charge in [0.25, 0.3) is 0 Å². The minimum absolute atomic E-state index is 0.0205. The van der Waals surface area contributed by atoms with E-state index in [1.807, 2.05) is 11.8 Å². The molecule has 0 aromatic rings. The van der Waals surface area contributed by atoms with Crippen LogP contribution in [0.3, 0.4) is 0 Å². The van der Waals surface area contributed by atoms with E-state index in [2.05, 4.69) is 15.9 Å². The van der Waals surface area contributed by atoms with Gasteiger partial charge in [0.15, 0.2) is 0 Å². The van der Waals surface area contributed by atoms with Crippen molar-refractivity contribution < 1.29 is 9.53 Å². The van der Waals surface area contributed by atoms with Gasteiger partial charge in [-0.25, -0.2) is 0 Å². The van der Waals surface area contributed by atoms with Crippen molar-refractivity contribution in [2.24, 2.45) is 0 Å². The Morgan fingerprint density at radius 2 is 1.85 bits per heavy atom. The van der Waals surface area contributed by atoms with Gasteiger partial charge in [-0.2, -0.15) is 5.26 Å². The first-order valence-corrected chi connectivity index (χ1v) is 7.46. The van der Waals surface area contributed by atoms with E-state index in [0.29, 0.717) is 32.8 Å². The molecule has 0 spiro atoms. The van der Waals surface area contributed by atoms with Crippen LogP contribution in [0.1, 0.15) is 13.3 Å². The number of nitrogens with zero attached hydrogens (tertiary/aromatic N) is 4. The lowest BCUT2D eigenvalue weighted by molar-refractivity contribution is -0.136. The van der Waals surface area contributed by atoms with Crippen LogP contribution in [0.2, 0.25) is 0 Å². The van der Waals surface area contributed by atoms with Gasteiger partial charge in [0, 0.05) is 39.3 Å². The molecule has 6 nitrogen and oxygen atoms in total. The molecule has 0 aliphatic carbocycles. The van der Waals surface area contributed by atoms with Crippen LogP contribution in [0.5, 0.6) is 0 Å². The van der Waals surface area contributed by atoms with Crippen molar-refractivity contribution in [3.05, 3.63) is 0 Å². The van der Waals surface area contributed by atoms with Crippen molar-refractivity contribution in [2.75, 3.05) is 59.0 Å². The third-order valence-corrected chi connectivity index (χ3v) is 4.11. The summed E-state index contributed by atoms with van der Waals surface area (Å²) in [6.45, 7) is 8.77. The van der Waals surface area contributed by atoms with Crippen LogP contribution in [0.25, 0.3) is 0 Å². The average molecular weight is 280 g/mol.